The van der Waals surface area contributed by atoms with E-state index in [0.717, 1.165) is 52.5 Å². The van der Waals surface area contributed by atoms with Crippen LogP contribution in [0.3, 0.4) is 0 Å². The lowest BCUT2D eigenvalue weighted by atomic mass is 9.84. The van der Waals surface area contributed by atoms with E-state index in [4.69, 9.17) is 26.8 Å². The molecule has 45 heavy (non-hydrogen) atoms. The number of nitrogens with zero attached hydrogens (tertiary/aromatic N) is 1. The number of nitrogens with one attached hydrogen (secondary N) is 1. The van der Waals surface area contributed by atoms with E-state index < -0.39 is 24.0 Å². The van der Waals surface area contributed by atoms with Crippen LogP contribution < -0.4 is 16.0 Å². The van der Waals surface area contributed by atoms with Crippen LogP contribution in [0.1, 0.15) is 41.0 Å². The largest absolute Gasteiger partial charge is 0.452 e. The molecule has 1 saturated heterocycles. The van der Waals surface area contributed by atoms with Gasteiger partial charge < -0.3 is 20.5 Å². The number of amides is 2. The average Bonchev–Trinajstić information content (AvgIpc) is 3.08. The first-order valence-corrected chi connectivity index (χ1v) is 15.8. The van der Waals surface area contributed by atoms with Gasteiger partial charge in [0.05, 0.1) is 31.0 Å². The number of anilines is 1. The number of imide groups is 1. The van der Waals surface area contributed by atoms with Crippen molar-refractivity contribution < 1.29 is 19.1 Å². The zero-order chi connectivity index (χ0) is 31.6. The molecule has 1 heterocycles. The highest BCUT2D eigenvalue weighted by atomic mass is 35.5. The molecule has 7 nitrogen and oxygen atoms in total. The minimum absolute atomic E-state index is 0.00731. The first-order valence-electron chi connectivity index (χ1n) is 15.4. The number of ether oxygens (including phenoxy) is 2. The van der Waals surface area contributed by atoms with Crippen molar-refractivity contribution >= 4 is 29.3 Å². The number of nitrogens with two attached hydrogens (primary N) is 1. The van der Waals surface area contributed by atoms with E-state index in [1.54, 1.807) is 6.07 Å². The molecule has 1 aliphatic heterocycles. The predicted octanol–water partition coefficient (Wildman–Crippen LogP) is 6.52. The van der Waals surface area contributed by atoms with Gasteiger partial charge in [-0.3, -0.25) is 4.79 Å². The van der Waals surface area contributed by atoms with Crippen LogP contribution in [-0.2, 0) is 27.1 Å². The molecule has 4 aromatic carbocycles. The third kappa shape index (κ3) is 8.38. The van der Waals surface area contributed by atoms with Gasteiger partial charge in [0.15, 0.2) is 0 Å². The van der Waals surface area contributed by atoms with Crippen LogP contribution >= 0.6 is 11.6 Å². The lowest BCUT2D eigenvalue weighted by Crippen LogP contribution is -2.50. The first kappa shape index (κ1) is 32.4. The van der Waals surface area contributed by atoms with E-state index in [-0.39, 0.29) is 12.2 Å². The Morgan fingerprint density at radius 1 is 0.844 bits per heavy atom. The number of morpholine rings is 1. The fraction of sp³-hybridized carbons (Fsp3) is 0.297. The van der Waals surface area contributed by atoms with Gasteiger partial charge in [0.2, 0.25) is 0 Å². The molecule has 8 heteroatoms. The summed E-state index contributed by atoms with van der Waals surface area (Å²) in [6.07, 6.45) is 2.43. The molecular formula is C37H40ClN3O4. The Bertz CT molecular complexity index is 1500. The molecule has 2 amide bonds. The molecule has 5 rings (SSSR count). The zero-order valence-corrected chi connectivity index (χ0v) is 26.2. The van der Waals surface area contributed by atoms with E-state index in [2.05, 4.69) is 17.4 Å². The van der Waals surface area contributed by atoms with Crippen LogP contribution in [0, 0.1) is 0 Å². The second-order valence-corrected chi connectivity index (χ2v) is 11.8. The van der Waals surface area contributed by atoms with Gasteiger partial charge in [0.1, 0.15) is 0 Å². The van der Waals surface area contributed by atoms with Crippen LogP contribution in [0.4, 0.5) is 10.5 Å². The fourth-order valence-corrected chi connectivity index (χ4v) is 6.09. The topological polar surface area (TPSA) is 93.9 Å². The molecule has 0 unspecified atom stereocenters. The summed E-state index contributed by atoms with van der Waals surface area (Å²) < 4.78 is 11.6. The Kier molecular flexibility index (Phi) is 11.4. The monoisotopic (exact) mass is 625 g/mol. The van der Waals surface area contributed by atoms with Crippen molar-refractivity contribution in [2.45, 2.75) is 49.9 Å². The van der Waals surface area contributed by atoms with Gasteiger partial charge in [0, 0.05) is 24.0 Å². The van der Waals surface area contributed by atoms with E-state index in [1.165, 1.54) is 12.7 Å². The molecule has 4 aromatic rings. The summed E-state index contributed by atoms with van der Waals surface area (Å²) in [4.78, 5) is 28.5. The van der Waals surface area contributed by atoms with Crippen molar-refractivity contribution in [2.75, 3.05) is 25.1 Å². The number of carbonyl (C=O) groups is 2. The number of halogens is 1. The highest BCUT2D eigenvalue weighted by Gasteiger charge is 2.36. The summed E-state index contributed by atoms with van der Waals surface area (Å²) in [7, 11) is 1.27. The van der Waals surface area contributed by atoms with Gasteiger partial charge in [-0.2, -0.15) is 0 Å². The van der Waals surface area contributed by atoms with Gasteiger partial charge in [-0.05, 0) is 66.1 Å². The number of hydrogen-bond acceptors (Lipinski definition) is 6. The number of hydrogen-bond donors (Lipinski definition) is 2. The molecule has 1 aliphatic rings. The lowest BCUT2D eigenvalue weighted by molar-refractivity contribution is -0.119. The van der Waals surface area contributed by atoms with Crippen molar-refractivity contribution in [2.24, 2.45) is 5.73 Å². The van der Waals surface area contributed by atoms with Crippen LogP contribution in [0.25, 0.3) is 0 Å². The SMILES string of the molecule is COC(=O)N(C(=O)[C@@H](N)C(c1ccccc1)c1ccccc1)c1ccccc1CC[C@@H]1CNC[C@@H](CCc2ccc(Cl)cc2)O1. The van der Waals surface area contributed by atoms with E-state index in [9.17, 15) is 9.59 Å². The van der Waals surface area contributed by atoms with Gasteiger partial charge in [-0.25, -0.2) is 9.69 Å². The normalized spacial score (nSPS) is 17.1. The fourth-order valence-electron chi connectivity index (χ4n) is 5.97. The van der Waals surface area contributed by atoms with Crippen molar-refractivity contribution in [3.8, 4) is 0 Å². The smallest absolute Gasteiger partial charge is 0.420 e. The van der Waals surface area contributed by atoms with Crippen molar-refractivity contribution in [3.05, 3.63) is 136 Å². The molecule has 0 spiro atoms. The molecule has 0 bridgehead atoms. The maximum atomic E-state index is 14.2. The number of para-hydroxylation sites is 1. The number of carbonyl (C=O) groups excluding carboxylic acids is 2. The van der Waals surface area contributed by atoms with Crippen LogP contribution in [0.5, 0.6) is 0 Å². The Labute approximate surface area is 270 Å². The molecule has 3 N–H and O–H groups in total. The second-order valence-electron chi connectivity index (χ2n) is 11.3. The van der Waals surface area contributed by atoms with E-state index >= 15 is 0 Å². The van der Waals surface area contributed by atoms with Gasteiger partial charge in [-0.15, -0.1) is 0 Å². The Morgan fingerprint density at radius 2 is 1.40 bits per heavy atom. The predicted molar refractivity (Wildman–Crippen MR) is 179 cm³/mol. The Morgan fingerprint density at radius 3 is 2.00 bits per heavy atom. The lowest BCUT2D eigenvalue weighted by Gasteiger charge is -2.32. The summed E-state index contributed by atoms with van der Waals surface area (Å²) in [5, 5.41) is 4.24. The highest BCUT2D eigenvalue weighted by molar-refractivity contribution is 6.30. The summed E-state index contributed by atoms with van der Waals surface area (Å²) >= 11 is 6.03. The van der Waals surface area contributed by atoms with E-state index in [1.807, 2.05) is 91.0 Å². The van der Waals surface area contributed by atoms with Crippen LogP contribution in [0.15, 0.2) is 109 Å². The zero-order valence-electron chi connectivity index (χ0n) is 25.5. The first-order chi connectivity index (χ1) is 21.9. The molecule has 1 fully saturated rings. The molecule has 0 radical (unpaired) electrons. The van der Waals surface area contributed by atoms with Crippen LogP contribution in [-0.4, -0.2) is 50.4 Å². The number of methoxy groups -OCH3 is 1. The molecule has 3 atom stereocenters. The van der Waals surface area contributed by atoms with Crippen molar-refractivity contribution in [1.29, 1.82) is 0 Å². The summed E-state index contributed by atoms with van der Waals surface area (Å²) in [6, 6.07) is 33.6. The molecule has 234 valence electrons. The molecule has 0 aromatic heterocycles. The van der Waals surface area contributed by atoms with Crippen molar-refractivity contribution in [3.63, 3.8) is 0 Å². The Balaban J connectivity index is 1.31. The van der Waals surface area contributed by atoms with Gasteiger partial charge >= 0.3 is 6.09 Å². The third-order valence-electron chi connectivity index (χ3n) is 8.30. The molecular weight excluding hydrogens is 586 g/mol. The van der Waals surface area contributed by atoms with E-state index in [0.29, 0.717) is 18.5 Å². The third-order valence-corrected chi connectivity index (χ3v) is 8.56. The number of aryl methyl sites for hydroxylation is 2. The maximum absolute atomic E-state index is 14.2. The van der Waals surface area contributed by atoms with Gasteiger partial charge in [0.25, 0.3) is 5.91 Å². The van der Waals surface area contributed by atoms with Crippen molar-refractivity contribution in [1.82, 2.24) is 5.32 Å². The minimum Gasteiger partial charge on any atom is -0.452 e. The number of benzene rings is 4. The van der Waals surface area contributed by atoms with Gasteiger partial charge in [-0.1, -0.05) is 103 Å². The average molecular weight is 626 g/mol. The molecule has 0 saturated carbocycles. The molecule has 0 aliphatic carbocycles. The highest BCUT2D eigenvalue weighted by Crippen LogP contribution is 2.31. The maximum Gasteiger partial charge on any atom is 0.420 e. The van der Waals surface area contributed by atoms with Crippen LogP contribution in [0.2, 0.25) is 5.02 Å². The second kappa shape index (κ2) is 15.8. The Hall–Kier alpha value is -4.01. The summed E-state index contributed by atoms with van der Waals surface area (Å²) in [6.45, 7) is 1.53. The quantitative estimate of drug-likeness (QED) is 0.197. The minimum atomic E-state index is -1.05. The number of rotatable bonds is 11. The summed E-state index contributed by atoms with van der Waals surface area (Å²) in [5.74, 6) is -1.00. The standard InChI is InChI=1S/C37H40ClN3O4/c1-44-37(43)41(36(42)35(39)34(28-11-4-2-5-12-28)29-13-6-3-7-14-29)33-15-9-8-10-27(33)19-23-32-25-40-24-31(45-32)22-18-26-16-20-30(38)21-17-26/h2-17,20-21,31-32,34-35,40H,18-19,22-25,39H2,1H3/t31-,32-,35+/m1/s1. The summed E-state index contributed by atoms with van der Waals surface area (Å²) in [5.41, 5.74) is 11.1.